The minimum Gasteiger partial charge on any atom is -0.324 e. The first-order valence-corrected chi connectivity index (χ1v) is 10.1. The number of sulfonamides is 1. The lowest BCUT2D eigenvalue weighted by Crippen LogP contribution is -2.33. The lowest BCUT2D eigenvalue weighted by molar-refractivity contribution is -0.115. The highest BCUT2D eigenvalue weighted by Gasteiger charge is 2.24. The van der Waals surface area contributed by atoms with E-state index in [1.807, 2.05) is 13.8 Å². The van der Waals surface area contributed by atoms with Crippen LogP contribution in [-0.2, 0) is 14.8 Å². The fourth-order valence-electron chi connectivity index (χ4n) is 2.20. The Morgan fingerprint density at radius 2 is 1.84 bits per heavy atom. The Bertz CT molecular complexity index is 721. The zero-order valence-electron chi connectivity index (χ0n) is 14.6. The molecule has 0 heterocycles. The van der Waals surface area contributed by atoms with Gasteiger partial charge in [0, 0.05) is 13.1 Å². The van der Waals surface area contributed by atoms with E-state index in [-0.39, 0.29) is 22.0 Å². The van der Waals surface area contributed by atoms with Gasteiger partial charge in [-0.1, -0.05) is 38.3 Å². The molecular weight excluding hydrogens is 362 g/mol. The van der Waals surface area contributed by atoms with Gasteiger partial charge in [-0.2, -0.15) is 9.57 Å². The van der Waals surface area contributed by atoms with Crippen molar-refractivity contribution < 1.29 is 13.2 Å². The van der Waals surface area contributed by atoms with Crippen molar-refractivity contribution in [2.75, 3.05) is 18.4 Å². The van der Waals surface area contributed by atoms with Crippen molar-refractivity contribution >= 4 is 33.2 Å². The predicted octanol–water partition coefficient (Wildman–Crippen LogP) is 3.78. The topological polar surface area (TPSA) is 90.3 Å². The summed E-state index contributed by atoms with van der Waals surface area (Å²) >= 11 is 6.03. The molecule has 25 heavy (non-hydrogen) atoms. The Labute approximate surface area is 154 Å². The monoisotopic (exact) mass is 385 g/mol. The van der Waals surface area contributed by atoms with E-state index in [1.165, 1.54) is 22.5 Å². The van der Waals surface area contributed by atoms with E-state index >= 15 is 0 Å². The second-order valence-corrected chi connectivity index (χ2v) is 7.98. The van der Waals surface area contributed by atoms with Crippen LogP contribution >= 0.6 is 11.6 Å². The summed E-state index contributed by atoms with van der Waals surface area (Å²) in [6.45, 7) is 4.93. The standard InChI is InChI=1S/C17H24ClN3O3S/c1-3-5-11-21(12-6-4-2)25(23,24)14-7-8-15(18)16(13-14)20-17(22)9-10-19/h7-8,13H,3-6,9,11-12H2,1-2H3,(H,20,22). The smallest absolute Gasteiger partial charge is 0.243 e. The van der Waals surface area contributed by atoms with Gasteiger partial charge in [0.15, 0.2) is 0 Å². The van der Waals surface area contributed by atoms with E-state index in [1.54, 1.807) is 6.07 Å². The van der Waals surface area contributed by atoms with Gasteiger partial charge in [0.1, 0.15) is 6.42 Å². The first kappa shape index (κ1) is 21.4. The van der Waals surface area contributed by atoms with Crippen LogP contribution in [0.1, 0.15) is 46.0 Å². The third kappa shape index (κ3) is 6.31. The number of carbonyl (C=O) groups excluding carboxylic acids is 1. The minimum atomic E-state index is -3.67. The molecule has 0 atom stereocenters. The highest BCUT2D eigenvalue weighted by molar-refractivity contribution is 7.89. The number of nitrogens with one attached hydrogen (secondary N) is 1. The molecule has 1 rings (SSSR count). The predicted molar refractivity (Wildman–Crippen MR) is 98.9 cm³/mol. The highest BCUT2D eigenvalue weighted by Crippen LogP contribution is 2.27. The number of rotatable bonds is 10. The van der Waals surface area contributed by atoms with Crippen molar-refractivity contribution in [3.05, 3.63) is 23.2 Å². The molecule has 0 bridgehead atoms. The average Bonchev–Trinajstić information content (AvgIpc) is 2.56. The van der Waals surface area contributed by atoms with Gasteiger partial charge < -0.3 is 5.32 Å². The van der Waals surface area contributed by atoms with Crippen molar-refractivity contribution in [2.24, 2.45) is 0 Å². The van der Waals surface area contributed by atoms with Crippen LogP contribution < -0.4 is 5.32 Å². The summed E-state index contributed by atoms with van der Waals surface area (Å²) in [4.78, 5) is 11.7. The van der Waals surface area contributed by atoms with Gasteiger partial charge in [-0.15, -0.1) is 0 Å². The molecular formula is C17H24ClN3O3S. The molecule has 1 N–H and O–H groups in total. The summed E-state index contributed by atoms with van der Waals surface area (Å²) in [7, 11) is -3.67. The van der Waals surface area contributed by atoms with Gasteiger partial charge in [0.25, 0.3) is 0 Å². The first-order chi connectivity index (χ1) is 11.9. The summed E-state index contributed by atoms with van der Waals surface area (Å²) in [6.07, 6.45) is 3.03. The number of benzene rings is 1. The molecule has 1 aromatic rings. The number of unbranched alkanes of at least 4 members (excludes halogenated alkanes) is 2. The molecule has 0 aliphatic rings. The maximum Gasteiger partial charge on any atom is 0.243 e. The largest absolute Gasteiger partial charge is 0.324 e. The summed E-state index contributed by atoms with van der Waals surface area (Å²) in [5.74, 6) is -0.534. The highest BCUT2D eigenvalue weighted by atomic mass is 35.5. The number of halogens is 1. The number of hydrogen-bond donors (Lipinski definition) is 1. The fourth-order valence-corrected chi connectivity index (χ4v) is 3.91. The molecule has 0 spiro atoms. The molecule has 1 aromatic carbocycles. The fraction of sp³-hybridized carbons (Fsp3) is 0.529. The Kier molecular flexibility index (Phi) is 8.90. The van der Waals surface area contributed by atoms with E-state index in [4.69, 9.17) is 16.9 Å². The van der Waals surface area contributed by atoms with Crippen LogP contribution in [0, 0.1) is 11.3 Å². The van der Waals surface area contributed by atoms with Gasteiger partial charge in [-0.25, -0.2) is 8.42 Å². The van der Waals surface area contributed by atoms with Crippen LogP contribution in [0.3, 0.4) is 0 Å². The maximum absolute atomic E-state index is 12.9. The van der Waals surface area contributed by atoms with Crippen LogP contribution in [0.25, 0.3) is 0 Å². The van der Waals surface area contributed by atoms with E-state index < -0.39 is 15.9 Å². The van der Waals surface area contributed by atoms with Crippen LogP contribution in [0.15, 0.2) is 23.1 Å². The number of anilines is 1. The zero-order chi connectivity index (χ0) is 18.9. The van der Waals surface area contributed by atoms with Crippen molar-refractivity contribution in [3.63, 3.8) is 0 Å². The molecule has 0 unspecified atom stereocenters. The Morgan fingerprint density at radius 1 is 1.24 bits per heavy atom. The molecule has 0 radical (unpaired) electrons. The number of carbonyl (C=O) groups is 1. The minimum absolute atomic E-state index is 0.0800. The third-order valence-corrected chi connectivity index (χ3v) is 5.84. The van der Waals surface area contributed by atoms with Crippen molar-refractivity contribution in [2.45, 2.75) is 50.8 Å². The normalized spacial score (nSPS) is 11.3. The number of amides is 1. The summed E-state index contributed by atoms with van der Waals surface area (Å²) in [5, 5.41) is 11.3. The first-order valence-electron chi connectivity index (χ1n) is 8.33. The number of nitriles is 1. The number of hydrogen-bond acceptors (Lipinski definition) is 4. The summed E-state index contributed by atoms with van der Waals surface area (Å²) in [6, 6.07) is 5.95. The van der Waals surface area contributed by atoms with Crippen molar-refractivity contribution in [1.82, 2.24) is 4.31 Å². The second-order valence-electron chi connectivity index (χ2n) is 5.64. The zero-order valence-corrected chi connectivity index (χ0v) is 16.2. The van der Waals surface area contributed by atoms with E-state index in [0.29, 0.717) is 13.1 Å². The van der Waals surface area contributed by atoms with Crippen LogP contribution in [0.4, 0.5) is 5.69 Å². The lowest BCUT2D eigenvalue weighted by Gasteiger charge is -2.22. The van der Waals surface area contributed by atoms with Crippen molar-refractivity contribution in [1.29, 1.82) is 5.26 Å². The van der Waals surface area contributed by atoms with Gasteiger partial charge in [0.2, 0.25) is 15.9 Å². The summed E-state index contributed by atoms with van der Waals surface area (Å²) < 4.78 is 27.4. The Balaban J connectivity index is 3.13. The molecule has 0 aliphatic carbocycles. The van der Waals surface area contributed by atoms with Gasteiger partial charge in [-0.05, 0) is 31.0 Å². The Hall–Kier alpha value is -1.62. The van der Waals surface area contributed by atoms with Crippen LogP contribution in [-0.4, -0.2) is 31.7 Å². The lowest BCUT2D eigenvalue weighted by atomic mass is 10.3. The molecule has 6 nitrogen and oxygen atoms in total. The molecule has 138 valence electrons. The van der Waals surface area contributed by atoms with Crippen molar-refractivity contribution in [3.8, 4) is 6.07 Å². The molecule has 8 heteroatoms. The maximum atomic E-state index is 12.9. The summed E-state index contributed by atoms with van der Waals surface area (Å²) in [5.41, 5.74) is 0.189. The molecule has 0 saturated heterocycles. The van der Waals surface area contributed by atoms with Crippen LogP contribution in [0.2, 0.25) is 5.02 Å². The molecule has 0 saturated carbocycles. The third-order valence-electron chi connectivity index (χ3n) is 3.61. The van der Waals surface area contributed by atoms with E-state index in [9.17, 15) is 13.2 Å². The molecule has 0 aliphatic heterocycles. The average molecular weight is 386 g/mol. The SMILES string of the molecule is CCCCN(CCCC)S(=O)(=O)c1ccc(Cl)c(NC(=O)CC#N)c1. The molecule has 1 amide bonds. The quantitative estimate of drug-likeness (QED) is 0.663. The van der Waals surface area contributed by atoms with Gasteiger partial charge in [0.05, 0.1) is 21.7 Å². The van der Waals surface area contributed by atoms with E-state index in [0.717, 1.165) is 25.7 Å². The Morgan fingerprint density at radius 3 is 2.36 bits per heavy atom. The number of nitrogens with zero attached hydrogens (tertiary/aromatic N) is 2. The van der Waals surface area contributed by atoms with Crippen LogP contribution in [0.5, 0.6) is 0 Å². The van der Waals surface area contributed by atoms with Gasteiger partial charge in [-0.3, -0.25) is 4.79 Å². The molecule has 0 aromatic heterocycles. The van der Waals surface area contributed by atoms with Gasteiger partial charge >= 0.3 is 0 Å². The second kappa shape index (κ2) is 10.4. The van der Waals surface area contributed by atoms with E-state index in [2.05, 4.69) is 5.32 Å². The molecule has 0 fully saturated rings.